The topological polar surface area (TPSA) is 38.1 Å². The van der Waals surface area contributed by atoms with Crippen molar-refractivity contribution >= 4 is 21.6 Å². The van der Waals surface area contributed by atoms with E-state index in [1.807, 2.05) is 18.2 Å². The molecule has 1 aromatic carbocycles. The van der Waals surface area contributed by atoms with Gasteiger partial charge in [-0.05, 0) is 37.6 Å². The van der Waals surface area contributed by atoms with Gasteiger partial charge >= 0.3 is 0 Å². The molecule has 3 rings (SSSR count). The summed E-state index contributed by atoms with van der Waals surface area (Å²) in [5.74, 6) is 1.05. The maximum absolute atomic E-state index is 5.35. The van der Waals surface area contributed by atoms with Crippen LogP contribution in [0.15, 0.2) is 47.1 Å². The van der Waals surface area contributed by atoms with Crippen molar-refractivity contribution in [1.29, 1.82) is 0 Å². The standard InChI is InChI=1S/C16H18N2OS/c1-12(8-9-13-5-4-10-19-13)17-11-16-18-14-6-2-3-7-15(14)20-16/h2-7,10,12,17H,8-9,11H2,1H3. The van der Waals surface area contributed by atoms with Crippen LogP contribution >= 0.6 is 11.3 Å². The molecule has 104 valence electrons. The van der Waals surface area contributed by atoms with Gasteiger partial charge in [-0.15, -0.1) is 11.3 Å². The molecule has 20 heavy (non-hydrogen) atoms. The van der Waals surface area contributed by atoms with Crippen LogP contribution in [-0.2, 0) is 13.0 Å². The molecule has 4 heteroatoms. The fourth-order valence-corrected chi connectivity index (χ4v) is 3.09. The second-order valence-electron chi connectivity index (χ2n) is 4.98. The number of nitrogens with one attached hydrogen (secondary N) is 1. The second kappa shape index (κ2) is 6.20. The first-order valence-electron chi connectivity index (χ1n) is 6.91. The molecule has 0 amide bonds. The molecule has 1 atom stereocenters. The lowest BCUT2D eigenvalue weighted by atomic mass is 10.1. The third-order valence-corrected chi connectivity index (χ3v) is 4.38. The molecule has 3 nitrogen and oxygen atoms in total. The smallest absolute Gasteiger partial charge is 0.108 e. The highest BCUT2D eigenvalue weighted by Gasteiger charge is 2.06. The van der Waals surface area contributed by atoms with Gasteiger partial charge in [0.05, 0.1) is 16.5 Å². The Morgan fingerprint density at radius 1 is 1.25 bits per heavy atom. The summed E-state index contributed by atoms with van der Waals surface area (Å²) in [4.78, 5) is 4.63. The van der Waals surface area contributed by atoms with Gasteiger partial charge in [-0.25, -0.2) is 4.98 Å². The number of hydrogen-bond acceptors (Lipinski definition) is 4. The van der Waals surface area contributed by atoms with Crippen LogP contribution in [0.1, 0.15) is 24.1 Å². The Kier molecular flexibility index (Phi) is 4.14. The number of para-hydroxylation sites is 1. The summed E-state index contributed by atoms with van der Waals surface area (Å²) in [5, 5.41) is 4.68. The third kappa shape index (κ3) is 3.26. The Balaban J connectivity index is 1.50. The van der Waals surface area contributed by atoms with E-state index in [1.54, 1.807) is 17.6 Å². The van der Waals surface area contributed by atoms with E-state index in [1.165, 1.54) is 4.70 Å². The minimum Gasteiger partial charge on any atom is -0.469 e. The highest BCUT2D eigenvalue weighted by molar-refractivity contribution is 7.18. The first-order valence-corrected chi connectivity index (χ1v) is 7.73. The summed E-state index contributed by atoms with van der Waals surface area (Å²) in [6, 6.07) is 12.7. The van der Waals surface area contributed by atoms with E-state index in [-0.39, 0.29) is 0 Å². The molecule has 0 bridgehead atoms. The zero-order chi connectivity index (χ0) is 13.8. The maximum atomic E-state index is 5.35. The third-order valence-electron chi connectivity index (χ3n) is 3.34. The maximum Gasteiger partial charge on any atom is 0.108 e. The van der Waals surface area contributed by atoms with E-state index in [0.29, 0.717) is 6.04 Å². The average molecular weight is 286 g/mol. The van der Waals surface area contributed by atoms with Gasteiger partial charge in [0.2, 0.25) is 0 Å². The van der Waals surface area contributed by atoms with Crippen molar-refractivity contribution in [1.82, 2.24) is 10.3 Å². The number of nitrogens with zero attached hydrogens (tertiary/aromatic N) is 1. The molecule has 3 aromatic rings. The van der Waals surface area contributed by atoms with E-state index in [4.69, 9.17) is 4.42 Å². The van der Waals surface area contributed by atoms with Crippen molar-refractivity contribution in [2.24, 2.45) is 0 Å². The van der Waals surface area contributed by atoms with Gasteiger partial charge in [-0.2, -0.15) is 0 Å². The number of furan rings is 1. The Labute approximate surface area is 122 Å². The van der Waals surface area contributed by atoms with Crippen molar-refractivity contribution in [3.8, 4) is 0 Å². The summed E-state index contributed by atoms with van der Waals surface area (Å²) in [5.41, 5.74) is 1.09. The first kappa shape index (κ1) is 13.3. The van der Waals surface area contributed by atoms with Crippen molar-refractivity contribution in [3.05, 3.63) is 53.4 Å². The average Bonchev–Trinajstić information content (AvgIpc) is 3.11. The zero-order valence-corrected chi connectivity index (χ0v) is 12.3. The summed E-state index contributed by atoms with van der Waals surface area (Å²) in [7, 11) is 0. The lowest BCUT2D eigenvalue weighted by Gasteiger charge is -2.11. The molecule has 2 heterocycles. The van der Waals surface area contributed by atoms with Crippen molar-refractivity contribution < 1.29 is 4.42 Å². The molecular formula is C16H18N2OS. The lowest BCUT2D eigenvalue weighted by molar-refractivity contribution is 0.459. The first-order chi connectivity index (χ1) is 9.81. The minimum absolute atomic E-state index is 0.451. The Morgan fingerprint density at radius 3 is 2.95 bits per heavy atom. The molecule has 0 radical (unpaired) electrons. The number of hydrogen-bond donors (Lipinski definition) is 1. The molecule has 1 N–H and O–H groups in total. The van der Waals surface area contributed by atoms with E-state index >= 15 is 0 Å². The monoisotopic (exact) mass is 286 g/mol. The summed E-state index contributed by atoms with van der Waals surface area (Å²) in [6.07, 6.45) is 3.77. The molecule has 2 aromatic heterocycles. The molecule has 0 saturated heterocycles. The van der Waals surface area contributed by atoms with Crippen LogP contribution in [0.3, 0.4) is 0 Å². The normalized spacial score (nSPS) is 12.8. The van der Waals surface area contributed by atoms with Gasteiger partial charge in [0.15, 0.2) is 0 Å². The molecule has 1 unspecified atom stereocenters. The molecule has 0 spiro atoms. The van der Waals surface area contributed by atoms with Crippen LogP contribution in [0.5, 0.6) is 0 Å². The highest BCUT2D eigenvalue weighted by atomic mass is 32.1. The second-order valence-corrected chi connectivity index (χ2v) is 6.09. The van der Waals surface area contributed by atoms with Crippen molar-refractivity contribution in [2.45, 2.75) is 32.4 Å². The van der Waals surface area contributed by atoms with Gasteiger partial charge in [-0.3, -0.25) is 0 Å². The molecule has 0 aliphatic carbocycles. The van der Waals surface area contributed by atoms with E-state index in [2.05, 4.69) is 35.4 Å². The predicted molar refractivity (Wildman–Crippen MR) is 83.0 cm³/mol. The lowest BCUT2D eigenvalue weighted by Crippen LogP contribution is -2.25. The zero-order valence-electron chi connectivity index (χ0n) is 11.5. The molecular weight excluding hydrogens is 268 g/mol. The molecule has 0 aliphatic heterocycles. The quantitative estimate of drug-likeness (QED) is 0.744. The fourth-order valence-electron chi connectivity index (χ4n) is 2.17. The van der Waals surface area contributed by atoms with Crippen molar-refractivity contribution in [2.75, 3.05) is 0 Å². The van der Waals surface area contributed by atoms with Gasteiger partial charge in [0.1, 0.15) is 10.8 Å². The summed E-state index contributed by atoms with van der Waals surface area (Å²) >= 11 is 1.76. The number of rotatable bonds is 6. The number of aromatic nitrogens is 1. The Morgan fingerprint density at radius 2 is 2.15 bits per heavy atom. The number of aryl methyl sites for hydroxylation is 1. The van der Waals surface area contributed by atoms with E-state index in [0.717, 1.165) is 35.7 Å². The van der Waals surface area contributed by atoms with Gasteiger partial charge in [0, 0.05) is 19.0 Å². The van der Waals surface area contributed by atoms with Crippen LogP contribution in [0.2, 0.25) is 0 Å². The van der Waals surface area contributed by atoms with E-state index in [9.17, 15) is 0 Å². The van der Waals surface area contributed by atoms with Gasteiger partial charge in [-0.1, -0.05) is 12.1 Å². The Hall–Kier alpha value is -1.65. The Bertz CT molecular complexity index is 627. The van der Waals surface area contributed by atoms with Crippen LogP contribution in [0.4, 0.5) is 0 Å². The van der Waals surface area contributed by atoms with E-state index < -0.39 is 0 Å². The number of benzene rings is 1. The van der Waals surface area contributed by atoms with Gasteiger partial charge < -0.3 is 9.73 Å². The van der Waals surface area contributed by atoms with Crippen LogP contribution in [0, 0.1) is 0 Å². The summed E-state index contributed by atoms with van der Waals surface area (Å²) < 4.78 is 6.61. The molecule has 0 fully saturated rings. The van der Waals surface area contributed by atoms with Crippen LogP contribution in [0.25, 0.3) is 10.2 Å². The highest BCUT2D eigenvalue weighted by Crippen LogP contribution is 2.21. The summed E-state index contributed by atoms with van der Waals surface area (Å²) in [6.45, 7) is 3.04. The van der Waals surface area contributed by atoms with Crippen LogP contribution < -0.4 is 5.32 Å². The molecule has 0 saturated carbocycles. The SMILES string of the molecule is CC(CCc1ccco1)NCc1nc2ccccc2s1. The number of thiazole rings is 1. The van der Waals surface area contributed by atoms with Gasteiger partial charge in [0.25, 0.3) is 0 Å². The predicted octanol–water partition coefficient (Wildman–Crippen LogP) is 4.00. The van der Waals surface area contributed by atoms with Crippen LogP contribution in [-0.4, -0.2) is 11.0 Å². The molecule has 0 aliphatic rings. The number of fused-ring (bicyclic) bond motifs is 1. The minimum atomic E-state index is 0.451. The van der Waals surface area contributed by atoms with Crippen molar-refractivity contribution in [3.63, 3.8) is 0 Å². The largest absolute Gasteiger partial charge is 0.469 e. The fraction of sp³-hybridized carbons (Fsp3) is 0.312.